The Labute approximate surface area is 222 Å². The molecule has 0 aliphatic carbocycles. The van der Waals surface area contributed by atoms with Crippen LogP contribution in [0.1, 0.15) is 39.1 Å². The molecule has 1 atom stereocenters. The lowest BCUT2D eigenvalue weighted by Crippen LogP contribution is -2.59. The van der Waals surface area contributed by atoms with Crippen molar-refractivity contribution in [2.75, 3.05) is 26.8 Å². The first-order valence-electron chi connectivity index (χ1n) is 12.8. The summed E-state index contributed by atoms with van der Waals surface area (Å²) >= 11 is 0. The van der Waals surface area contributed by atoms with Gasteiger partial charge in [0.05, 0.1) is 13.7 Å². The molecule has 196 valence electrons. The summed E-state index contributed by atoms with van der Waals surface area (Å²) in [6.07, 6.45) is 0.825. The van der Waals surface area contributed by atoms with Crippen molar-refractivity contribution >= 4 is 17.7 Å². The van der Waals surface area contributed by atoms with Gasteiger partial charge in [0.1, 0.15) is 17.5 Å². The molecule has 0 saturated carbocycles. The maximum absolute atomic E-state index is 13.8. The van der Waals surface area contributed by atoms with Gasteiger partial charge in [-0.05, 0) is 42.0 Å². The van der Waals surface area contributed by atoms with Gasteiger partial charge in [-0.25, -0.2) is 0 Å². The minimum atomic E-state index is -0.960. The number of benzene rings is 3. The third kappa shape index (κ3) is 5.13. The number of rotatable bonds is 6. The standard InChI is InChI=1S/C30H31N3O5/c1-37-25-14-12-24(13-15-25)28(35)32-18-16-30(17-19-32)33(29(36)23-10-6-3-7-11-23)26(21-38-30)27(34)31-20-22-8-4-2-5-9-22/h2-15,26H,16-21H2,1H3,(H,31,34). The summed E-state index contributed by atoms with van der Waals surface area (Å²) in [7, 11) is 1.58. The second kappa shape index (κ2) is 11.1. The molecule has 0 radical (unpaired) electrons. The van der Waals surface area contributed by atoms with E-state index in [1.54, 1.807) is 65.4 Å². The lowest BCUT2D eigenvalue weighted by Gasteiger charge is -2.44. The second-order valence-corrected chi connectivity index (χ2v) is 9.54. The molecular formula is C30H31N3O5. The van der Waals surface area contributed by atoms with Crippen molar-refractivity contribution in [2.45, 2.75) is 31.2 Å². The van der Waals surface area contributed by atoms with Crippen LogP contribution in [0.2, 0.25) is 0 Å². The topological polar surface area (TPSA) is 88.2 Å². The highest BCUT2D eigenvalue weighted by Crippen LogP contribution is 2.39. The van der Waals surface area contributed by atoms with E-state index in [0.717, 1.165) is 5.56 Å². The Hall–Kier alpha value is -4.17. The minimum absolute atomic E-state index is 0.0846. The van der Waals surface area contributed by atoms with Gasteiger partial charge in [-0.15, -0.1) is 0 Å². The molecule has 3 aromatic carbocycles. The molecule has 8 nitrogen and oxygen atoms in total. The van der Waals surface area contributed by atoms with Crippen molar-refractivity contribution in [3.8, 4) is 5.75 Å². The molecule has 1 spiro atoms. The summed E-state index contributed by atoms with van der Waals surface area (Å²) in [5.41, 5.74) is 1.08. The maximum Gasteiger partial charge on any atom is 0.256 e. The Kier molecular flexibility index (Phi) is 7.42. The maximum atomic E-state index is 13.8. The van der Waals surface area contributed by atoms with Crippen LogP contribution in [-0.4, -0.2) is 66.1 Å². The number of nitrogens with zero attached hydrogens (tertiary/aromatic N) is 2. The van der Waals surface area contributed by atoms with E-state index in [1.807, 2.05) is 36.4 Å². The lowest BCUT2D eigenvalue weighted by molar-refractivity contribution is -0.128. The van der Waals surface area contributed by atoms with Gasteiger partial charge in [-0.1, -0.05) is 48.5 Å². The van der Waals surface area contributed by atoms with Crippen molar-refractivity contribution in [3.63, 3.8) is 0 Å². The molecule has 1 N–H and O–H groups in total. The van der Waals surface area contributed by atoms with Crippen LogP contribution in [0.4, 0.5) is 0 Å². The number of amides is 3. The predicted octanol–water partition coefficient (Wildman–Crippen LogP) is 3.49. The fourth-order valence-electron chi connectivity index (χ4n) is 5.16. The van der Waals surface area contributed by atoms with Crippen LogP contribution in [0.3, 0.4) is 0 Å². The number of nitrogens with one attached hydrogen (secondary N) is 1. The Balaban J connectivity index is 1.33. The summed E-state index contributed by atoms with van der Waals surface area (Å²) in [6.45, 7) is 1.27. The molecule has 1 unspecified atom stereocenters. The average Bonchev–Trinajstić information content (AvgIpc) is 3.35. The first kappa shape index (κ1) is 25.5. The summed E-state index contributed by atoms with van der Waals surface area (Å²) in [6, 6.07) is 24.8. The van der Waals surface area contributed by atoms with Crippen LogP contribution in [0, 0.1) is 0 Å². The molecule has 5 rings (SSSR count). The molecule has 2 fully saturated rings. The van der Waals surface area contributed by atoms with Crippen LogP contribution in [-0.2, 0) is 16.1 Å². The number of ether oxygens (including phenoxy) is 2. The van der Waals surface area contributed by atoms with Crippen molar-refractivity contribution in [3.05, 3.63) is 102 Å². The Morgan fingerprint density at radius 2 is 1.47 bits per heavy atom. The fraction of sp³-hybridized carbons (Fsp3) is 0.300. The Morgan fingerprint density at radius 3 is 2.11 bits per heavy atom. The van der Waals surface area contributed by atoms with E-state index < -0.39 is 11.8 Å². The number of hydrogen-bond donors (Lipinski definition) is 1. The smallest absolute Gasteiger partial charge is 0.256 e. The molecule has 2 heterocycles. The highest BCUT2D eigenvalue weighted by atomic mass is 16.5. The third-order valence-electron chi connectivity index (χ3n) is 7.28. The van der Waals surface area contributed by atoms with Gasteiger partial charge in [0.15, 0.2) is 0 Å². The largest absolute Gasteiger partial charge is 0.497 e. The van der Waals surface area contributed by atoms with Crippen molar-refractivity contribution in [2.24, 2.45) is 0 Å². The zero-order valence-corrected chi connectivity index (χ0v) is 21.3. The second-order valence-electron chi connectivity index (χ2n) is 9.54. The zero-order chi connectivity index (χ0) is 26.5. The molecule has 0 aromatic heterocycles. The highest BCUT2D eigenvalue weighted by Gasteiger charge is 2.54. The van der Waals surface area contributed by atoms with Gasteiger partial charge in [-0.2, -0.15) is 0 Å². The third-order valence-corrected chi connectivity index (χ3v) is 7.28. The van der Waals surface area contributed by atoms with Crippen molar-refractivity contribution < 1.29 is 23.9 Å². The molecule has 2 saturated heterocycles. The summed E-state index contributed by atoms with van der Waals surface area (Å²) in [5, 5.41) is 2.97. The van der Waals surface area contributed by atoms with Gasteiger partial charge >= 0.3 is 0 Å². The number of piperidine rings is 1. The molecule has 3 amide bonds. The number of hydrogen-bond acceptors (Lipinski definition) is 5. The predicted molar refractivity (Wildman–Crippen MR) is 142 cm³/mol. The van der Waals surface area contributed by atoms with E-state index in [4.69, 9.17) is 9.47 Å². The SMILES string of the molecule is COc1ccc(C(=O)N2CCC3(CC2)OCC(C(=O)NCc2ccccc2)N3C(=O)c2ccccc2)cc1. The van der Waals surface area contributed by atoms with Crippen LogP contribution >= 0.6 is 0 Å². The quantitative estimate of drug-likeness (QED) is 0.545. The molecule has 3 aromatic rings. The van der Waals surface area contributed by atoms with Crippen LogP contribution < -0.4 is 10.1 Å². The van der Waals surface area contributed by atoms with E-state index in [2.05, 4.69) is 5.32 Å². The normalized spacial score (nSPS) is 18.3. The van der Waals surface area contributed by atoms with Crippen molar-refractivity contribution in [1.29, 1.82) is 0 Å². The number of likely N-dealkylation sites (tertiary alicyclic amines) is 1. The minimum Gasteiger partial charge on any atom is -0.497 e. The number of methoxy groups -OCH3 is 1. The van der Waals surface area contributed by atoms with Gasteiger partial charge in [0.2, 0.25) is 5.91 Å². The van der Waals surface area contributed by atoms with Crippen LogP contribution in [0.25, 0.3) is 0 Å². The monoisotopic (exact) mass is 513 g/mol. The van der Waals surface area contributed by atoms with E-state index in [1.165, 1.54) is 0 Å². The van der Waals surface area contributed by atoms with Gasteiger partial charge in [0, 0.05) is 43.6 Å². The van der Waals surface area contributed by atoms with Crippen LogP contribution in [0.15, 0.2) is 84.9 Å². The Bertz CT molecular complexity index is 1270. The Morgan fingerprint density at radius 1 is 0.868 bits per heavy atom. The molecule has 2 aliphatic heterocycles. The summed E-state index contributed by atoms with van der Waals surface area (Å²) in [4.78, 5) is 43.6. The first-order chi connectivity index (χ1) is 18.5. The van der Waals surface area contributed by atoms with Gasteiger partial charge in [-0.3, -0.25) is 19.3 Å². The van der Waals surface area contributed by atoms with E-state index in [-0.39, 0.29) is 24.3 Å². The lowest BCUT2D eigenvalue weighted by atomic mass is 9.96. The number of carbonyl (C=O) groups is 3. The zero-order valence-electron chi connectivity index (χ0n) is 21.3. The average molecular weight is 514 g/mol. The van der Waals surface area contributed by atoms with Crippen molar-refractivity contribution in [1.82, 2.24) is 15.1 Å². The molecule has 8 heteroatoms. The molecule has 0 bridgehead atoms. The van der Waals surface area contributed by atoms with Gasteiger partial charge in [0.25, 0.3) is 11.8 Å². The summed E-state index contributed by atoms with van der Waals surface area (Å²) < 4.78 is 11.5. The number of carbonyl (C=O) groups excluding carboxylic acids is 3. The summed E-state index contributed by atoms with van der Waals surface area (Å²) in [5.74, 6) is 0.0911. The van der Waals surface area contributed by atoms with E-state index >= 15 is 0 Å². The molecular weight excluding hydrogens is 482 g/mol. The van der Waals surface area contributed by atoms with E-state index in [0.29, 0.717) is 49.4 Å². The molecule has 38 heavy (non-hydrogen) atoms. The molecule has 2 aliphatic rings. The van der Waals surface area contributed by atoms with E-state index in [9.17, 15) is 14.4 Å². The van der Waals surface area contributed by atoms with Crippen LogP contribution in [0.5, 0.6) is 5.75 Å². The highest BCUT2D eigenvalue weighted by molar-refractivity contribution is 5.98. The first-order valence-corrected chi connectivity index (χ1v) is 12.8. The van der Waals surface area contributed by atoms with Gasteiger partial charge < -0.3 is 19.7 Å². The fourth-order valence-corrected chi connectivity index (χ4v) is 5.16.